The summed E-state index contributed by atoms with van der Waals surface area (Å²) in [7, 11) is 0. The summed E-state index contributed by atoms with van der Waals surface area (Å²) in [5, 5.41) is 9.19. The Balaban J connectivity index is 1.62. The maximum atomic E-state index is 9.19. The number of rotatable bonds is 8. The second-order valence-electron chi connectivity index (χ2n) is 4.48. The summed E-state index contributed by atoms with van der Waals surface area (Å²) in [4.78, 5) is 0. The van der Waals surface area contributed by atoms with Crippen LogP contribution < -0.4 is 9.47 Å². The van der Waals surface area contributed by atoms with Crippen molar-refractivity contribution in [1.29, 1.82) is 0 Å². The molecule has 1 N–H and O–H groups in total. The molecule has 3 heteroatoms. The molecule has 0 aromatic heterocycles. The third-order valence-corrected chi connectivity index (χ3v) is 2.95. The number of unbranched alkanes of at least 4 members (excludes halogenated alkanes) is 1. The van der Waals surface area contributed by atoms with Gasteiger partial charge in [-0.1, -0.05) is 36.4 Å². The van der Waals surface area contributed by atoms with Crippen LogP contribution in [0.2, 0.25) is 0 Å². The maximum Gasteiger partial charge on any atom is 0.124 e. The van der Waals surface area contributed by atoms with Gasteiger partial charge in [-0.2, -0.15) is 0 Å². The summed E-state index contributed by atoms with van der Waals surface area (Å²) in [6.07, 6.45) is 1.86. The topological polar surface area (TPSA) is 38.7 Å². The summed E-state index contributed by atoms with van der Waals surface area (Å²) >= 11 is 0. The molecule has 0 amide bonds. The molecule has 0 heterocycles. The lowest BCUT2D eigenvalue weighted by Gasteiger charge is -2.10. The lowest BCUT2D eigenvalue weighted by Crippen LogP contribution is -2.03. The van der Waals surface area contributed by atoms with Gasteiger partial charge in [0, 0.05) is 5.56 Å². The van der Waals surface area contributed by atoms with Crippen LogP contribution in [0.5, 0.6) is 11.5 Å². The van der Waals surface area contributed by atoms with E-state index in [9.17, 15) is 5.11 Å². The zero-order valence-electron chi connectivity index (χ0n) is 11.5. The Labute approximate surface area is 119 Å². The lowest BCUT2D eigenvalue weighted by molar-refractivity contribution is 0.249. The van der Waals surface area contributed by atoms with Crippen LogP contribution in [0.1, 0.15) is 18.4 Å². The third kappa shape index (κ3) is 4.59. The van der Waals surface area contributed by atoms with Crippen LogP contribution in [-0.4, -0.2) is 18.3 Å². The number of ether oxygens (including phenoxy) is 2. The smallest absolute Gasteiger partial charge is 0.124 e. The largest absolute Gasteiger partial charge is 0.494 e. The third-order valence-electron chi connectivity index (χ3n) is 2.95. The second-order valence-corrected chi connectivity index (χ2v) is 4.48. The Morgan fingerprint density at radius 1 is 0.750 bits per heavy atom. The van der Waals surface area contributed by atoms with Gasteiger partial charge in [0.2, 0.25) is 0 Å². The van der Waals surface area contributed by atoms with Crippen LogP contribution in [0.3, 0.4) is 0 Å². The summed E-state index contributed by atoms with van der Waals surface area (Å²) in [5.74, 6) is 1.66. The Kier molecular flexibility index (Phi) is 5.93. The first-order valence-corrected chi connectivity index (χ1v) is 6.89. The van der Waals surface area contributed by atoms with Crippen molar-refractivity contribution in [2.24, 2.45) is 0 Å². The van der Waals surface area contributed by atoms with Crippen molar-refractivity contribution in [3.05, 3.63) is 60.2 Å². The number of hydrogen-bond donors (Lipinski definition) is 1. The van der Waals surface area contributed by atoms with Crippen LogP contribution in [-0.2, 0) is 6.61 Å². The van der Waals surface area contributed by atoms with E-state index in [1.807, 2.05) is 54.6 Å². The van der Waals surface area contributed by atoms with E-state index in [4.69, 9.17) is 9.47 Å². The molecule has 0 saturated carbocycles. The van der Waals surface area contributed by atoms with Crippen LogP contribution in [0.25, 0.3) is 0 Å². The molecule has 0 bridgehead atoms. The van der Waals surface area contributed by atoms with E-state index in [-0.39, 0.29) is 6.61 Å². The standard InChI is InChI=1S/C17H20O3/c18-14-15-8-4-5-11-17(15)20-13-7-6-12-19-16-9-2-1-3-10-16/h1-5,8-11,18H,6-7,12-14H2. The molecule has 0 aliphatic rings. The highest BCUT2D eigenvalue weighted by Gasteiger charge is 2.01. The van der Waals surface area contributed by atoms with Gasteiger partial charge >= 0.3 is 0 Å². The number of benzene rings is 2. The van der Waals surface area contributed by atoms with E-state index >= 15 is 0 Å². The minimum absolute atomic E-state index is 0.00723. The molecule has 2 rings (SSSR count). The minimum Gasteiger partial charge on any atom is -0.494 e. The van der Waals surface area contributed by atoms with Gasteiger partial charge in [0.15, 0.2) is 0 Å². The summed E-state index contributed by atoms with van der Waals surface area (Å²) < 4.78 is 11.3. The molecular formula is C17H20O3. The molecule has 106 valence electrons. The predicted octanol–water partition coefficient (Wildman–Crippen LogP) is 3.42. The quantitative estimate of drug-likeness (QED) is 0.748. The molecular weight excluding hydrogens is 252 g/mol. The molecule has 20 heavy (non-hydrogen) atoms. The Bertz CT molecular complexity index is 497. The van der Waals surface area contributed by atoms with Gasteiger partial charge in [-0.25, -0.2) is 0 Å². The van der Waals surface area contributed by atoms with Gasteiger partial charge in [0.1, 0.15) is 11.5 Å². The van der Waals surface area contributed by atoms with E-state index in [1.165, 1.54) is 0 Å². The molecule has 0 radical (unpaired) electrons. The molecule has 0 aliphatic carbocycles. The van der Waals surface area contributed by atoms with E-state index in [1.54, 1.807) is 0 Å². The van der Waals surface area contributed by atoms with Crippen molar-refractivity contribution in [2.75, 3.05) is 13.2 Å². The van der Waals surface area contributed by atoms with Gasteiger partial charge < -0.3 is 14.6 Å². The number of hydrogen-bond acceptors (Lipinski definition) is 3. The van der Waals surface area contributed by atoms with Crippen LogP contribution in [0, 0.1) is 0 Å². The maximum absolute atomic E-state index is 9.19. The molecule has 0 saturated heterocycles. The summed E-state index contributed by atoms with van der Waals surface area (Å²) in [6.45, 7) is 1.33. The average molecular weight is 272 g/mol. The van der Waals surface area contributed by atoms with Gasteiger partial charge in [0.05, 0.1) is 19.8 Å². The summed E-state index contributed by atoms with van der Waals surface area (Å²) in [6, 6.07) is 17.4. The highest BCUT2D eigenvalue weighted by molar-refractivity contribution is 5.32. The molecule has 2 aromatic carbocycles. The van der Waals surface area contributed by atoms with Crippen molar-refractivity contribution >= 4 is 0 Å². The SMILES string of the molecule is OCc1ccccc1OCCCCOc1ccccc1. The lowest BCUT2D eigenvalue weighted by atomic mass is 10.2. The Morgan fingerprint density at radius 3 is 2.15 bits per heavy atom. The highest BCUT2D eigenvalue weighted by atomic mass is 16.5. The normalized spacial score (nSPS) is 10.2. The zero-order chi connectivity index (χ0) is 14.0. The fourth-order valence-corrected chi connectivity index (χ4v) is 1.87. The monoisotopic (exact) mass is 272 g/mol. The Hall–Kier alpha value is -2.00. The van der Waals surface area contributed by atoms with Crippen molar-refractivity contribution in [1.82, 2.24) is 0 Å². The van der Waals surface area contributed by atoms with Gasteiger partial charge in [-0.3, -0.25) is 0 Å². The van der Waals surface area contributed by atoms with Crippen molar-refractivity contribution in [3.63, 3.8) is 0 Å². The van der Waals surface area contributed by atoms with Gasteiger partial charge in [-0.05, 0) is 31.0 Å². The Morgan fingerprint density at radius 2 is 1.40 bits per heavy atom. The van der Waals surface area contributed by atoms with E-state index < -0.39 is 0 Å². The van der Waals surface area contributed by atoms with E-state index in [2.05, 4.69) is 0 Å². The highest BCUT2D eigenvalue weighted by Crippen LogP contribution is 2.18. The van der Waals surface area contributed by atoms with E-state index in [0.29, 0.717) is 13.2 Å². The second kappa shape index (κ2) is 8.23. The first-order valence-electron chi connectivity index (χ1n) is 6.89. The number of aliphatic hydroxyl groups excluding tert-OH is 1. The molecule has 0 fully saturated rings. The van der Waals surface area contributed by atoms with Crippen LogP contribution in [0.15, 0.2) is 54.6 Å². The minimum atomic E-state index is 0.00723. The van der Waals surface area contributed by atoms with Crippen LogP contribution in [0.4, 0.5) is 0 Å². The molecule has 0 unspecified atom stereocenters. The fourth-order valence-electron chi connectivity index (χ4n) is 1.87. The summed E-state index contributed by atoms with van der Waals surface area (Å²) in [5.41, 5.74) is 0.827. The zero-order valence-corrected chi connectivity index (χ0v) is 11.5. The van der Waals surface area contributed by atoms with Gasteiger partial charge in [0.25, 0.3) is 0 Å². The first-order chi connectivity index (χ1) is 9.90. The first kappa shape index (κ1) is 14.4. The van der Waals surface area contributed by atoms with Crippen LogP contribution >= 0.6 is 0 Å². The number of para-hydroxylation sites is 2. The predicted molar refractivity (Wildman–Crippen MR) is 79.0 cm³/mol. The fraction of sp³-hybridized carbons (Fsp3) is 0.294. The van der Waals surface area contributed by atoms with Crippen molar-refractivity contribution < 1.29 is 14.6 Å². The van der Waals surface area contributed by atoms with Gasteiger partial charge in [-0.15, -0.1) is 0 Å². The van der Waals surface area contributed by atoms with E-state index in [0.717, 1.165) is 29.9 Å². The average Bonchev–Trinajstić information content (AvgIpc) is 2.52. The molecule has 0 spiro atoms. The number of aliphatic hydroxyl groups is 1. The molecule has 0 atom stereocenters. The molecule has 0 aliphatic heterocycles. The molecule has 3 nitrogen and oxygen atoms in total. The molecule has 2 aromatic rings. The van der Waals surface area contributed by atoms with Crippen molar-refractivity contribution in [2.45, 2.75) is 19.4 Å². The van der Waals surface area contributed by atoms with Crippen molar-refractivity contribution in [3.8, 4) is 11.5 Å².